The van der Waals surface area contributed by atoms with Gasteiger partial charge < -0.3 is 19.3 Å². The summed E-state index contributed by atoms with van der Waals surface area (Å²) in [5, 5.41) is 0.464. The van der Waals surface area contributed by atoms with Crippen LogP contribution in [0.2, 0.25) is 0 Å². The van der Waals surface area contributed by atoms with Crippen LogP contribution in [0.3, 0.4) is 0 Å². The number of imidazole rings is 1. The zero-order valence-electron chi connectivity index (χ0n) is 14.5. The highest BCUT2D eigenvalue weighted by Crippen LogP contribution is 2.44. The van der Waals surface area contributed by atoms with Crippen LogP contribution in [0.1, 0.15) is 13.3 Å². The summed E-state index contributed by atoms with van der Waals surface area (Å²) in [5.74, 6) is 0.0930. The van der Waals surface area contributed by atoms with E-state index in [0.717, 1.165) is 17.5 Å². The highest BCUT2D eigenvalue weighted by atomic mass is 31.2. The van der Waals surface area contributed by atoms with E-state index in [9.17, 15) is 4.79 Å². The van der Waals surface area contributed by atoms with Gasteiger partial charge in [-0.05, 0) is 18.6 Å². The Labute approximate surface area is 145 Å². The number of nitrogens with one attached hydrogen (secondary N) is 1. The number of fused-ring (bicyclic) bond motifs is 2. The number of benzene rings is 1. The maximum atomic E-state index is 12.0. The molecule has 0 fully saturated rings. The number of H-pyrrole nitrogens is 1. The van der Waals surface area contributed by atoms with Gasteiger partial charge in [-0.15, -0.1) is 0 Å². The molecule has 0 aliphatic heterocycles. The number of nitrogens with two attached hydrogens (primary N) is 1. The van der Waals surface area contributed by atoms with Gasteiger partial charge in [0.25, 0.3) is 5.56 Å². The van der Waals surface area contributed by atoms with Gasteiger partial charge in [0.15, 0.2) is 0 Å². The molecule has 0 radical (unpaired) electrons. The monoisotopic (exact) mass is 363 g/mol. The van der Waals surface area contributed by atoms with Gasteiger partial charge in [-0.25, -0.2) is 9.97 Å². The SMILES string of the molecule is C=P(C)(OC)OC(CC)Cn1cnc2cc3c(=O)[nH]c(N)nc3cc21. The molecule has 2 aromatic heterocycles. The van der Waals surface area contributed by atoms with Gasteiger partial charge in [-0.1, -0.05) is 13.2 Å². The summed E-state index contributed by atoms with van der Waals surface area (Å²) in [6.07, 6.45) is 6.50. The third-order valence-corrected chi connectivity index (χ3v) is 5.60. The second kappa shape index (κ2) is 6.63. The minimum Gasteiger partial charge on any atom is -0.369 e. The van der Waals surface area contributed by atoms with Crippen molar-refractivity contribution in [2.24, 2.45) is 0 Å². The summed E-state index contributed by atoms with van der Waals surface area (Å²) in [7, 11) is -0.474. The highest BCUT2D eigenvalue weighted by molar-refractivity contribution is 7.63. The second-order valence-corrected chi connectivity index (χ2v) is 8.64. The fraction of sp³-hybridized carbons (Fsp3) is 0.375. The van der Waals surface area contributed by atoms with Crippen molar-refractivity contribution >= 4 is 41.5 Å². The van der Waals surface area contributed by atoms with Crippen molar-refractivity contribution in [3.8, 4) is 0 Å². The Bertz CT molecular complexity index is 1030. The third-order valence-electron chi connectivity index (χ3n) is 4.08. The van der Waals surface area contributed by atoms with E-state index in [1.165, 1.54) is 0 Å². The van der Waals surface area contributed by atoms with Crippen molar-refractivity contribution in [1.29, 1.82) is 0 Å². The van der Waals surface area contributed by atoms with Gasteiger partial charge in [0, 0.05) is 13.8 Å². The smallest absolute Gasteiger partial charge is 0.260 e. The lowest BCUT2D eigenvalue weighted by Gasteiger charge is -2.25. The largest absolute Gasteiger partial charge is 0.369 e. The zero-order valence-corrected chi connectivity index (χ0v) is 15.4. The summed E-state index contributed by atoms with van der Waals surface area (Å²) in [5.41, 5.74) is 7.50. The maximum absolute atomic E-state index is 12.0. The normalized spacial score (nSPS) is 15.5. The Morgan fingerprint density at radius 3 is 2.88 bits per heavy atom. The van der Waals surface area contributed by atoms with Crippen LogP contribution in [0.15, 0.2) is 23.3 Å². The second-order valence-electron chi connectivity index (χ2n) is 6.04. The molecular formula is C16H22N5O3P. The molecule has 0 aliphatic carbocycles. The first-order valence-corrected chi connectivity index (χ1v) is 10.2. The molecule has 0 saturated heterocycles. The Balaban J connectivity index is 2.01. The van der Waals surface area contributed by atoms with Gasteiger partial charge in [0.1, 0.15) is 7.34 Å². The van der Waals surface area contributed by atoms with Gasteiger partial charge in [0.2, 0.25) is 5.95 Å². The zero-order chi connectivity index (χ0) is 18.2. The number of nitrogens with zero attached hydrogens (tertiary/aromatic N) is 3. The Hall–Kier alpha value is -2.15. The average molecular weight is 363 g/mol. The molecule has 0 aliphatic rings. The van der Waals surface area contributed by atoms with Crippen molar-refractivity contribution < 1.29 is 9.05 Å². The molecule has 1 aromatic carbocycles. The van der Waals surface area contributed by atoms with Crippen molar-refractivity contribution in [3.63, 3.8) is 0 Å². The molecule has 134 valence electrons. The van der Waals surface area contributed by atoms with Crippen LogP contribution in [0.25, 0.3) is 21.9 Å². The van der Waals surface area contributed by atoms with Crippen molar-refractivity contribution in [1.82, 2.24) is 19.5 Å². The summed E-state index contributed by atoms with van der Waals surface area (Å²) in [4.78, 5) is 23.1. The molecule has 0 bridgehead atoms. The first-order valence-electron chi connectivity index (χ1n) is 7.92. The molecule has 3 aromatic rings. The van der Waals surface area contributed by atoms with Crippen molar-refractivity contribution in [2.45, 2.75) is 26.0 Å². The van der Waals surface area contributed by atoms with E-state index in [-0.39, 0.29) is 17.6 Å². The van der Waals surface area contributed by atoms with Crippen LogP contribution in [0.4, 0.5) is 5.95 Å². The minimum atomic E-state index is -2.09. The maximum Gasteiger partial charge on any atom is 0.260 e. The summed E-state index contributed by atoms with van der Waals surface area (Å²) in [6, 6.07) is 3.55. The van der Waals surface area contributed by atoms with E-state index >= 15 is 0 Å². The van der Waals surface area contributed by atoms with E-state index in [4.69, 9.17) is 14.8 Å². The van der Waals surface area contributed by atoms with E-state index in [0.29, 0.717) is 17.4 Å². The average Bonchev–Trinajstić information content (AvgIpc) is 2.94. The molecule has 0 amide bonds. The number of nitrogen functional groups attached to an aromatic ring is 1. The lowest BCUT2D eigenvalue weighted by molar-refractivity contribution is 0.169. The van der Waals surface area contributed by atoms with E-state index < -0.39 is 7.34 Å². The number of aromatic amines is 1. The molecule has 2 unspecified atom stereocenters. The molecule has 3 rings (SSSR count). The molecule has 0 spiro atoms. The first kappa shape index (κ1) is 17.7. The first-order chi connectivity index (χ1) is 11.8. The third kappa shape index (κ3) is 3.61. The summed E-state index contributed by atoms with van der Waals surface area (Å²) < 4.78 is 13.4. The van der Waals surface area contributed by atoms with Gasteiger partial charge >= 0.3 is 0 Å². The summed E-state index contributed by atoms with van der Waals surface area (Å²) >= 11 is 0. The molecule has 3 N–H and O–H groups in total. The summed E-state index contributed by atoms with van der Waals surface area (Å²) in [6.45, 7) is 4.54. The standard InChI is InChI=1S/C16H22N5O3P/c1-5-10(24-25(3,4)23-2)8-21-9-18-13-6-11-12(7-14(13)21)19-16(17)20-15(11)22/h6-7,9-10H,3,5,8H2,1-2,4H3,(H3,17,19,20,22). The topological polar surface area (TPSA) is 108 Å². The molecule has 25 heavy (non-hydrogen) atoms. The quantitative estimate of drug-likeness (QED) is 0.650. The predicted molar refractivity (Wildman–Crippen MR) is 102 cm³/mol. The number of anilines is 1. The fourth-order valence-corrected chi connectivity index (χ4v) is 3.60. The van der Waals surface area contributed by atoms with Crippen LogP contribution in [0.5, 0.6) is 0 Å². The molecule has 2 heterocycles. The van der Waals surface area contributed by atoms with Gasteiger partial charge in [-0.2, -0.15) is 0 Å². The van der Waals surface area contributed by atoms with Crippen LogP contribution in [-0.2, 0) is 15.6 Å². The van der Waals surface area contributed by atoms with Crippen molar-refractivity contribution in [2.75, 3.05) is 19.5 Å². The number of aromatic nitrogens is 4. The van der Waals surface area contributed by atoms with Gasteiger partial charge in [-0.3, -0.25) is 9.78 Å². The predicted octanol–water partition coefficient (Wildman–Crippen LogP) is 2.21. The molecule has 8 nitrogen and oxygen atoms in total. The van der Waals surface area contributed by atoms with Crippen LogP contribution in [-0.4, -0.2) is 45.7 Å². The molecule has 0 saturated carbocycles. The lowest BCUT2D eigenvalue weighted by atomic mass is 10.2. The van der Waals surface area contributed by atoms with Crippen molar-refractivity contribution in [3.05, 3.63) is 28.8 Å². The number of hydrogen-bond donors (Lipinski definition) is 2. The minimum absolute atomic E-state index is 0.0546. The van der Waals surface area contributed by atoms with E-state index in [1.807, 2.05) is 17.3 Å². The Kier molecular flexibility index (Phi) is 4.69. The molecular weight excluding hydrogens is 341 g/mol. The highest BCUT2D eigenvalue weighted by Gasteiger charge is 2.17. The van der Waals surface area contributed by atoms with Crippen LogP contribution in [0, 0.1) is 0 Å². The fourth-order valence-electron chi connectivity index (χ4n) is 2.67. The molecule has 9 heteroatoms. The Morgan fingerprint density at radius 2 is 2.20 bits per heavy atom. The Morgan fingerprint density at radius 1 is 1.44 bits per heavy atom. The number of rotatable bonds is 6. The van der Waals surface area contributed by atoms with E-state index in [2.05, 4.69) is 28.2 Å². The lowest BCUT2D eigenvalue weighted by Crippen LogP contribution is -2.18. The van der Waals surface area contributed by atoms with Crippen LogP contribution >= 0.6 is 7.34 Å². The molecule has 2 atom stereocenters. The van der Waals surface area contributed by atoms with E-state index in [1.54, 1.807) is 19.5 Å². The van der Waals surface area contributed by atoms with Crippen LogP contribution < -0.4 is 11.3 Å². The van der Waals surface area contributed by atoms with Gasteiger partial charge in [0.05, 0.1) is 40.9 Å². The number of hydrogen-bond acceptors (Lipinski definition) is 6.